The van der Waals surface area contributed by atoms with Gasteiger partial charge in [-0.3, -0.25) is 9.78 Å². The normalized spacial score (nSPS) is 11.3. The lowest BCUT2D eigenvalue weighted by Gasteiger charge is -2.16. The monoisotopic (exact) mass is 582 g/mol. The van der Waals surface area contributed by atoms with Gasteiger partial charge in [0.1, 0.15) is 23.9 Å². The first-order valence-corrected chi connectivity index (χ1v) is 13.3. The van der Waals surface area contributed by atoms with Gasteiger partial charge in [0, 0.05) is 29.2 Å². The Labute approximate surface area is 241 Å². The van der Waals surface area contributed by atoms with Crippen molar-refractivity contribution >= 4 is 11.6 Å². The highest BCUT2D eigenvalue weighted by Gasteiger charge is 2.35. The van der Waals surface area contributed by atoms with Gasteiger partial charge < -0.3 is 19.5 Å². The summed E-state index contributed by atoms with van der Waals surface area (Å²) in [6.45, 7) is 4.37. The van der Waals surface area contributed by atoms with Crippen LogP contribution < -0.4 is 14.8 Å². The van der Waals surface area contributed by atoms with Crippen LogP contribution in [0.3, 0.4) is 0 Å². The van der Waals surface area contributed by atoms with E-state index in [9.17, 15) is 22.4 Å². The number of benzene rings is 3. The van der Waals surface area contributed by atoms with E-state index < -0.39 is 23.5 Å². The Morgan fingerprint density at radius 2 is 1.71 bits per heavy atom. The number of amides is 1. The minimum Gasteiger partial charge on any atom is -0.493 e. The highest BCUT2D eigenvalue weighted by Crippen LogP contribution is 2.38. The zero-order chi connectivity index (χ0) is 30.1. The van der Waals surface area contributed by atoms with Gasteiger partial charge >= 0.3 is 6.18 Å². The standard InChI is InChI=1S/C32H30F4N2O4/c1-3-41-30-15-21(2)37-19-26(30)23-9-10-24(28(33)16-23)17-31(39)38-25-11-12-29(27(18-25)32(34,35)36)42-14-13-40-20-22-7-5-4-6-8-22/h4-12,15-16,18-19H,3,13-14,17,20H2,1-2H3,(H,38,39). The third-order valence-electron chi connectivity index (χ3n) is 6.18. The molecule has 4 aromatic rings. The minimum atomic E-state index is -4.73. The Morgan fingerprint density at radius 1 is 0.929 bits per heavy atom. The van der Waals surface area contributed by atoms with E-state index >= 15 is 0 Å². The fourth-order valence-corrected chi connectivity index (χ4v) is 4.19. The number of rotatable bonds is 12. The smallest absolute Gasteiger partial charge is 0.420 e. The second-order valence-corrected chi connectivity index (χ2v) is 9.38. The molecule has 0 radical (unpaired) electrons. The Kier molecular flexibility index (Phi) is 10.1. The Bertz CT molecular complexity index is 1510. The summed E-state index contributed by atoms with van der Waals surface area (Å²) in [6.07, 6.45) is -3.52. The maximum Gasteiger partial charge on any atom is 0.420 e. The van der Waals surface area contributed by atoms with Crippen LogP contribution in [0.1, 0.15) is 29.3 Å². The van der Waals surface area contributed by atoms with Gasteiger partial charge in [-0.25, -0.2) is 4.39 Å². The van der Waals surface area contributed by atoms with Crippen LogP contribution in [0, 0.1) is 12.7 Å². The summed E-state index contributed by atoms with van der Waals surface area (Å²) in [5.41, 5.74) is 1.74. The van der Waals surface area contributed by atoms with Crippen molar-refractivity contribution in [2.75, 3.05) is 25.1 Å². The second kappa shape index (κ2) is 14.0. The number of anilines is 1. The number of carbonyl (C=O) groups is 1. The zero-order valence-corrected chi connectivity index (χ0v) is 23.1. The highest BCUT2D eigenvalue weighted by molar-refractivity contribution is 5.92. The minimum absolute atomic E-state index is 0.0841. The summed E-state index contributed by atoms with van der Waals surface area (Å²) in [4.78, 5) is 16.9. The summed E-state index contributed by atoms with van der Waals surface area (Å²) in [5, 5.41) is 2.41. The number of nitrogens with zero attached hydrogens (tertiary/aromatic N) is 1. The van der Waals surface area contributed by atoms with Crippen molar-refractivity contribution in [1.29, 1.82) is 0 Å². The van der Waals surface area contributed by atoms with Gasteiger partial charge in [0.2, 0.25) is 5.91 Å². The quantitative estimate of drug-likeness (QED) is 0.139. The van der Waals surface area contributed by atoms with E-state index in [1.165, 1.54) is 18.2 Å². The van der Waals surface area contributed by atoms with Crippen LogP contribution in [0.4, 0.5) is 23.2 Å². The molecule has 0 aliphatic heterocycles. The second-order valence-electron chi connectivity index (χ2n) is 9.38. The molecule has 4 rings (SSSR count). The van der Waals surface area contributed by atoms with Crippen molar-refractivity contribution in [2.45, 2.75) is 33.1 Å². The fourth-order valence-electron chi connectivity index (χ4n) is 4.19. The zero-order valence-electron chi connectivity index (χ0n) is 23.1. The first kappa shape index (κ1) is 30.5. The number of aryl methyl sites for hydroxylation is 1. The number of nitrogens with one attached hydrogen (secondary N) is 1. The highest BCUT2D eigenvalue weighted by atomic mass is 19.4. The average Bonchev–Trinajstić information content (AvgIpc) is 2.95. The van der Waals surface area contributed by atoms with Gasteiger partial charge in [0.05, 0.1) is 31.8 Å². The van der Waals surface area contributed by atoms with Crippen LogP contribution in [0.15, 0.2) is 79.0 Å². The molecular formula is C32H30F4N2O4. The van der Waals surface area contributed by atoms with Gasteiger partial charge in [-0.15, -0.1) is 0 Å². The third kappa shape index (κ3) is 8.29. The van der Waals surface area contributed by atoms with Crippen molar-refractivity contribution in [3.63, 3.8) is 0 Å². The predicted molar refractivity (Wildman–Crippen MR) is 151 cm³/mol. The van der Waals surface area contributed by atoms with Crippen molar-refractivity contribution in [3.05, 3.63) is 107 Å². The number of ether oxygens (including phenoxy) is 3. The molecule has 0 aliphatic rings. The number of hydrogen-bond acceptors (Lipinski definition) is 5. The molecule has 1 heterocycles. The molecule has 0 saturated heterocycles. The van der Waals surface area contributed by atoms with E-state index in [-0.39, 0.29) is 36.6 Å². The summed E-state index contributed by atoms with van der Waals surface area (Å²) in [7, 11) is 0. The predicted octanol–water partition coefficient (Wildman–Crippen LogP) is 7.39. The molecule has 0 atom stereocenters. The SMILES string of the molecule is CCOc1cc(C)ncc1-c1ccc(CC(=O)Nc2ccc(OCCOCc3ccccc3)c(C(F)(F)F)c2)c(F)c1. The van der Waals surface area contributed by atoms with E-state index in [0.717, 1.165) is 23.4 Å². The maximum atomic E-state index is 15.0. The summed E-state index contributed by atoms with van der Waals surface area (Å²) < 4.78 is 72.6. The molecule has 10 heteroatoms. The Balaban J connectivity index is 1.38. The number of alkyl halides is 3. The van der Waals surface area contributed by atoms with Gasteiger partial charge in [0.15, 0.2) is 0 Å². The molecule has 42 heavy (non-hydrogen) atoms. The average molecular weight is 583 g/mol. The van der Waals surface area contributed by atoms with Crippen LogP contribution in [0.5, 0.6) is 11.5 Å². The largest absolute Gasteiger partial charge is 0.493 e. The Morgan fingerprint density at radius 3 is 2.43 bits per heavy atom. The Hall–Kier alpha value is -4.44. The molecule has 0 spiro atoms. The molecule has 3 aromatic carbocycles. The van der Waals surface area contributed by atoms with Crippen molar-refractivity contribution in [2.24, 2.45) is 0 Å². The lowest BCUT2D eigenvalue weighted by atomic mass is 10.0. The number of aromatic nitrogens is 1. The van der Waals surface area contributed by atoms with Gasteiger partial charge in [-0.05, 0) is 54.8 Å². The fraction of sp³-hybridized carbons (Fsp3) is 0.250. The van der Waals surface area contributed by atoms with E-state index in [1.807, 2.05) is 44.2 Å². The first-order chi connectivity index (χ1) is 20.1. The lowest BCUT2D eigenvalue weighted by Crippen LogP contribution is -2.17. The van der Waals surface area contributed by atoms with E-state index in [2.05, 4.69) is 10.3 Å². The molecule has 1 aromatic heterocycles. The van der Waals surface area contributed by atoms with E-state index in [0.29, 0.717) is 30.1 Å². The maximum absolute atomic E-state index is 15.0. The first-order valence-electron chi connectivity index (χ1n) is 13.3. The summed E-state index contributed by atoms with van der Waals surface area (Å²) in [5.74, 6) is -1.14. The molecule has 220 valence electrons. The van der Waals surface area contributed by atoms with Crippen LogP contribution in [-0.2, 0) is 28.7 Å². The summed E-state index contributed by atoms with van der Waals surface area (Å²) >= 11 is 0. The third-order valence-corrected chi connectivity index (χ3v) is 6.18. The molecule has 0 aliphatic carbocycles. The molecule has 1 N–H and O–H groups in total. The van der Waals surface area contributed by atoms with Crippen molar-refractivity contribution in [1.82, 2.24) is 4.98 Å². The number of hydrogen-bond donors (Lipinski definition) is 1. The van der Waals surface area contributed by atoms with E-state index in [4.69, 9.17) is 14.2 Å². The molecule has 0 unspecified atom stereocenters. The molecule has 0 saturated carbocycles. The number of pyridine rings is 1. The van der Waals surface area contributed by atoms with Gasteiger partial charge in [-0.2, -0.15) is 13.2 Å². The number of carbonyl (C=O) groups excluding carboxylic acids is 1. The topological polar surface area (TPSA) is 69.7 Å². The van der Waals surface area contributed by atoms with Crippen LogP contribution in [0.2, 0.25) is 0 Å². The molecule has 0 bridgehead atoms. The molecule has 6 nitrogen and oxygen atoms in total. The van der Waals surface area contributed by atoms with Gasteiger partial charge in [-0.1, -0.05) is 42.5 Å². The van der Waals surface area contributed by atoms with Crippen LogP contribution in [-0.4, -0.2) is 30.7 Å². The molecule has 1 amide bonds. The molecular weight excluding hydrogens is 552 g/mol. The van der Waals surface area contributed by atoms with Crippen molar-refractivity contribution in [3.8, 4) is 22.6 Å². The van der Waals surface area contributed by atoms with Crippen molar-refractivity contribution < 1.29 is 36.6 Å². The lowest BCUT2D eigenvalue weighted by molar-refractivity contribution is -0.139. The van der Waals surface area contributed by atoms with Gasteiger partial charge in [0.25, 0.3) is 0 Å². The molecule has 0 fully saturated rings. The van der Waals surface area contributed by atoms with E-state index in [1.54, 1.807) is 18.3 Å². The number of halogens is 4. The summed E-state index contributed by atoms with van der Waals surface area (Å²) in [6, 6.07) is 18.7. The van der Waals surface area contributed by atoms with Crippen LogP contribution >= 0.6 is 0 Å². The van der Waals surface area contributed by atoms with Crippen LogP contribution in [0.25, 0.3) is 11.1 Å².